The van der Waals surface area contributed by atoms with E-state index < -0.39 is 11.6 Å². The van der Waals surface area contributed by atoms with Gasteiger partial charge in [-0.15, -0.1) is 11.6 Å². The molecule has 1 aromatic rings. The third kappa shape index (κ3) is 3.26. The van der Waals surface area contributed by atoms with Crippen molar-refractivity contribution in [3.05, 3.63) is 35.4 Å². The first-order valence-corrected chi connectivity index (χ1v) is 5.15. The van der Waals surface area contributed by atoms with Crippen molar-refractivity contribution in [3.63, 3.8) is 0 Å². The van der Waals surface area contributed by atoms with Gasteiger partial charge in [0.2, 0.25) is 0 Å². The predicted octanol–water partition coefficient (Wildman–Crippen LogP) is 3.91. The maximum atomic E-state index is 12.8. The molecule has 14 heavy (non-hydrogen) atoms. The van der Waals surface area contributed by atoms with E-state index in [1.807, 2.05) is 6.92 Å². The van der Waals surface area contributed by atoms with Crippen LogP contribution in [0.2, 0.25) is 0 Å². The second-order valence-corrected chi connectivity index (χ2v) is 3.96. The molecule has 0 aliphatic carbocycles. The first-order chi connectivity index (χ1) is 6.63. The van der Waals surface area contributed by atoms with Gasteiger partial charge in [-0.25, -0.2) is 8.78 Å². The molecule has 0 heterocycles. The Kier molecular flexibility index (Phi) is 4.33. The number of hydrogen-bond acceptors (Lipinski definition) is 0. The molecule has 0 aromatic heterocycles. The molecule has 0 saturated heterocycles. The summed E-state index contributed by atoms with van der Waals surface area (Å²) in [5.74, 6) is -1.61. The summed E-state index contributed by atoms with van der Waals surface area (Å²) in [6.45, 7) is 2.04. The SMILES string of the molecule is CCCC(Cl)Cc1ccc(F)c(F)c1. The fourth-order valence-corrected chi connectivity index (χ4v) is 1.73. The lowest BCUT2D eigenvalue weighted by atomic mass is 10.1. The molecular weight excluding hydrogens is 206 g/mol. The minimum Gasteiger partial charge on any atom is -0.204 e. The average Bonchev–Trinajstić information content (AvgIpc) is 2.12. The summed E-state index contributed by atoms with van der Waals surface area (Å²) in [6.07, 6.45) is 2.48. The molecule has 1 atom stereocenters. The van der Waals surface area contributed by atoms with E-state index in [4.69, 9.17) is 11.6 Å². The summed E-state index contributed by atoms with van der Waals surface area (Å²) in [7, 11) is 0. The summed E-state index contributed by atoms with van der Waals surface area (Å²) >= 11 is 5.99. The predicted molar refractivity (Wildman–Crippen MR) is 54.6 cm³/mol. The van der Waals surface area contributed by atoms with Crippen LogP contribution >= 0.6 is 11.6 Å². The molecule has 0 spiro atoms. The zero-order valence-electron chi connectivity index (χ0n) is 8.06. The van der Waals surface area contributed by atoms with Crippen LogP contribution < -0.4 is 0 Å². The van der Waals surface area contributed by atoms with Crippen molar-refractivity contribution in [1.29, 1.82) is 0 Å². The van der Waals surface area contributed by atoms with Crippen LogP contribution in [-0.2, 0) is 6.42 Å². The molecule has 0 amide bonds. The Hall–Kier alpha value is -0.630. The number of halogens is 3. The topological polar surface area (TPSA) is 0 Å². The van der Waals surface area contributed by atoms with Gasteiger partial charge in [0, 0.05) is 5.38 Å². The van der Waals surface area contributed by atoms with Gasteiger partial charge in [0.05, 0.1) is 0 Å². The highest BCUT2D eigenvalue weighted by molar-refractivity contribution is 6.20. The lowest BCUT2D eigenvalue weighted by Gasteiger charge is -2.07. The second-order valence-electron chi connectivity index (χ2n) is 3.34. The molecule has 0 bridgehead atoms. The minimum absolute atomic E-state index is 0.00450. The first kappa shape index (κ1) is 11.4. The number of alkyl halides is 1. The summed E-state index contributed by atoms with van der Waals surface area (Å²) < 4.78 is 25.4. The number of rotatable bonds is 4. The molecule has 3 heteroatoms. The van der Waals surface area contributed by atoms with Crippen molar-refractivity contribution in [3.8, 4) is 0 Å². The Morgan fingerprint density at radius 2 is 2.00 bits per heavy atom. The summed E-state index contributed by atoms with van der Waals surface area (Å²) in [4.78, 5) is 0. The Balaban J connectivity index is 2.63. The molecule has 1 unspecified atom stereocenters. The van der Waals surface area contributed by atoms with Gasteiger partial charge >= 0.3 is 0 Å². The molecule has 1 aromatic carbocycles. The maximum absolute atomic E-state index is 12.8. The fraction of sp³-hybridized carbons (Fsp3) is 0.455. The Morgan fingerprint density at radius 1 is 1.29 bits per heavy atom. The average molecular weight is 219 g/mol. The van der Waals surface area contributed by atoms with E-state index in [0.29, 0.717) is 6.42 Å². The van der Waals surface area contributed by atoms with Gasteiger partial charge < -0.3 is 0 Å². The Labute approximate surface area is 87.9 Å². The van der Waals surface area contributed by atoms with Crippen LogP contribution in [0.25, 0.3) is 0 Å². The van der Waals surface area contributed by atoms with Crippen LogP contribution in [0.4, 0.5) is 8.78 Å². The van der Waals surface area contributed by atoms with Crippen LogP contribution in [0.3, 0.4) is 0 Å². The highest BCUT2D eigenvalue weighted by atomic mass is 35.5. The first-order valence-electron chi connectivity index (χ1n) is 4.71. The Bertz CT molecular complexity index is 299. The van der Waals surface area contributed by atoms with Crippen molar-refractivity contribution >= 4 is 11.6 Å². The van der Waals surface area contributed by atoms with E-state index in [1.165, 1.54) is 6.07 Å². The molecule has 1 rings (SSSR count). The fourth-order valence-electron chi connectivity index (χ4n) is 1.34. The van der Waals surface area contributed by atoms with Crippen LogP contribution in [0.1, 0.15) is 25.3 Å². The van der Waals surface area contributed by atoms with Crippen LogP contribution in [0.15, 0.2) is 18.2 Å². The largest absolute Gasteiger partial charge is 0.204 e. The van der Waals surface area contributed by atoms with Crippen molar-refractivity contribution in [2.75, 3.05) is 0 Å². The van der Waals surface area contributed by atoms with Crippen LogP contribution in [-0.4, -0.2) is 5.38 Å². The molecule has 0 aliphatic heterocycles. The quantitative estimate of drug-likeness (QED) is 0.672. The lowest BCUT2D eigenvalue weighted by molar-refractivity contribution is 0.506. The van der Waals surface area contributed by atoms with Gasteiger partial charge in [-0.1, -0.05) is 19.4 Å². The molecular formula is C11H13ClF2. The molecule has 0 saturated carbocycles. The van der Waals surface area contributed by atoms with E-state index in [2.05, 4.69) is 0 Å². The lowest BCUT2D eigenvalue weighted by Crippen LogP contribution is -2.03. The number of hydrogen-bond donors (Lipinski definition) is 0. The smallest absolute Gasteiger partial charge is 0.159 e. The minimum atomic E-state index is -0.810. The van der Waals surface area contributed by atoms with Gasteiger partial charge in [0.1, 0.15) is 0 Å². The van der Waals surface area contributed by atoms with Crippen LogP contribution in [0.5, 0.6) is 0 Å². The highest BCUT2D eigenvalue weighted by Crippen LogP contribution is 2.15. The van der Waals surface area contributed by atoms with Crippen LogP contribution in [0, 0.1) is 11.6 Å². The monoisotopic (exact) mass is 218 g/mol. The molecule has 0 fully saturated rings. The molecule has 0 radical (unpaired) electrons. The van der Waals surface area contributed by atoms with Crippen molar-refractivity contribution in [2.45, 2.75) is 31.6 Å². The normalized spacial score (nSPS) is 12.9. The summed E-state index contributed by atoms with van der Waals surface area (Å²) in [5.41, 5.74) is 0.748. The van der Waals surface area contributed by atoms with Gasteiger partial charge in [-0.3, -0.25) is 0 Å². The van der Waals surface area contributed by atoms with E-state index in [0.717, 1.165) is 24.5 Å². The molecule has 78 valence electrons. The maximum Gasteiger partial charge on any atom is 0.159 e. The van der Waals surface area contributed by atoms with Crippen molar-refractivity contribution in [2.24, 2.45) is 0 Å². The van der Waals surface area contributed by atoms with Gasteiger partial charge in [-0.05, 0) is 30.5 Å². The molecule has 0 nitrogen and oxygen atoms in total. The highest BCUT2D eigenvalue weighted by Gasteiger charge is 2.07. The zero-order valence-corrected chi connectivity index (χ0v) is 8.82. The van der Waals surface area contributed by atoms with Gasteiger partial charge in [-0.2, -0.15) is 0 Å². The summed E-state index contributed by atoms with van der Waals surface area (Å²) in [6, 6.07) is 3.92. The van der Waals surface area contributed by atoms with E-state index in [-0.39, 0.29) is 5.38 Å². The molecule has 0 aliphatic rings. The Morgan fingerprint density at radius 3 is 2.57 bits per heavy atom. The van der Waals surface area contributed by atoms with E-state index >= 15 is 0 Å². The number of benzene rings is 1. The molecule has 0 N–H and O–H groups in total. The van der Waals surface area contributed by atoms with Gasteiger partial charge in [0.25, 0.3) is 0 Å². The zero-order chi connectivity index (χ0) is 10.6. The van der Waals surface area contributed by atoms with E-state index in [1.54, 1.807) is 6.07 Å². The van der Waals surface area contributed by atoms with E-state index in [9.17, 15) is 8.78 Å². The summed E-state index contributed by atoms with van der Waals surface area (Å²) in [5, 5.41) is 0.00450. The third-order valence-electron chi connectivity index (χ3n) is 2.04. The van der Waals surface area contributed by atoms with Gasteiger partial charge in [0.15, 0.2) is 11.6 Å². The van der Waals surface area contributed by atoms with Crippen molar-refractivity contribution in [1.82, 2.24) is 0 Å². The second kappa shape index (κ2) is 5.30. The van der Waals surface area contributed by atoms with Crippen molar-refractivity contribution < 1.29 is 8.78 Å². The standard InChI is InChI=1S/C11H13ClF2/c1-2-3-9(12)6-8-4-5-10(13)11(14)7-8/h4-5,7,9H,2-3,6H2,1H3. The third-order valence-corrected chi connectivity index (χ3v) is 2.42.